The van der Waals surface area contributed by atoms with Gasteiger partial charge in [-0.25, -0.2) is 0 Å². The summed E-state index contributed by atoms with van der Waals surface area (Å²) in [6.07, 6.45) is 7.59. The summed E-state index contributed by atoms with van der Waals surface area (Å²) in [7, 11) is 0. The average molecular weight is 360 g/mol. The highest BCUT2D eigenvalue weighted by Crippen LogP contribution is 2.43. The van der Waals surface area contributed by atoms with Gasteiger partial charge in [-0.15, -0.1) is 0 Å². The van der Waals surface area contributed by atoms with Crippen LogP contribution in [0.2, 0.25) is 0 Å². The molecule has 1 unspecified atom stereocenters. The van der Waals surface area contributed by atoms with E-state index in [1.54, 1.807) is 11.3 Å². The molecule has 2 rings (SSSR count). The summed E-state index contributed by atoms with van der Waals surface area (Å²) in [5.41, 5.74) is 1.33. The standard InChI is InChI=1S/C16H26BrNOS/c1-3-18-15(13-11-20-12-14(13)17)16(19-4-2)9-7-5-6-8-10-16/h11-12,15,18H,3-10H2,1-2H3. The zero-order chi connectivity index (χ0) is 14.4. The molecule has 0 amide bonds. The zero-order valence-corrected chi connectivity index (χ0v) is 15.0. The van der Waals surface area contributed by atoms with Crippen molar-refractivity contribution in [2.75, 3.05) is 13.2 Å². The summed E-state index contributed by atoms with van der Waals surface area (Å²) in [5.74, 6) is 0. The van der Waals surface area contributed by atoms with E-state index in [0.717, 1.165) is 13.2 Å². The molecule has 1 atom stereocenters. The van der Waals surface area contributed by atoms with Crippen LogP contribution in [0.25, 0.3) is 0 Å². The number of hydrogen-bond acceptors (Lipinski definition) is 3. The van der Waals surface area contributed by atoms with Crippen LogP contribution in [0.4, 0.5) is 0 Å². The largest absolute Gasteiger partial charge is 0.373 e. The van der Waals surface area contributed by atoms with Gasteiger partial charge in [0, 0.05) is 16.5 Å². The van der Waals surface area contributed by atoms with Gasteiger partial charge in [-0.3, -0.25) is 0 Å². The van der Waals surface area contributed by atoms with Crippen molar-refractivity contribution < 1.29 is 4.74 Å². The van der Waals surface area contributed by atoms with Gasteiger partial charge in [0.15, 0.2) is 0 Å². The Kier molecular flexibility index (Phi) is 6.53. The van der Waals surface area contributed by atoms with Gasteiger partial charge in [0.05, 0.1) is 11.6 Å². The number of likely N-dealkylation sites (N-methyl/N-ethyl adjacent to an activating group) is 1. The number of rotatable bonds is 6. The third-order valence-electron chi connectivity index (χ3n) is 4.27. The second kappa shape index (κ2) is 7.92. The van der Waals surface area contributed by atoms with Crippen molar-refractivity contribution in [1.82, 2.24) is 5.32 Å². The van der Waals surface area contributed by atoms with Crippen LogP contribution in [-0.4, -0.2) is 18.8 Å². The van der Waals surface area contributed by atoms with Crippen molar-refractivity contribution in [2.45, 2.75) is 64.0 Å². The molecule has 1 aromatic heterocycles. The lowest BCUT2D eigenvalue weighted by atomic mass is 9.83. The number of ether oxygens (including phenoxy) is 1. The van der Waals surface area contributed by atoms with Gasteiger partial charge >= 0.3 is 0 Å². The number of hydrogen-bond donors (Lipinski definition) is 1. The van der Waals surface area contributed by atoms with E-state index in [0.29, 0.717) is 6.04 Å². The summed E-state index contributed by atoms with van der Waals surface area (Å²) in [6.45, 7) is 6.08. The Labute approximate surface area is 135 Å². The normalized spacial score (nSPS) is 20.6. The minimum atomic E-state index is -0.0369. The summed E-state index contributed by atoms with van der Waals surface area (Å²) in [6, 6.07) is 0.297. The molecule has 114 valence electrons. The highest BCUT2D eigenvalue weighted by molar-refractivity contribution is 9.10. The van der Waals surface area contributed by atoms with Crippen molar-refractivity contribution in [3.05, 3.63) is 20.8 Å². The quantitative estimate of drug-likeness (QED) is 0.696. The molecule has 1 N–H and O–H groups in total. The third-order valence-corrected chi connectivity index (χ3v) is 6.02. The summed E-state index contributed by atoms with van der Waals surface area (Å²) in [4.78, 5) is 0. The van der Waals surface area contributed by atoms with Gasteiger partial charge in [0.1, 0.15) is 0 Å². The van der Waals surface area contributed by atoms with E-state index in [1.807, 2.05) is 0 Å². The van der Waals surface area contributed by atoms with E-state index in [4.69, 9.17) is 4.74 Å². The first-order valence-corrected chi connectivity index (χ1v) is 9.56. The molecule has 1 fully saturated rings. The lowest BCUT2D eigenvalue weighted by Crippen LogP contribution is -2.46. The molecule has 1 heterocycles. The highest BCUT2D eigenvalue weighted by atomic mass is 79.9. The Morgan fingerprint density at radius 1 is 1.25 bits per heavy atom. The predicted molar refractivity (Wildman–Crippen MR) is 90.5 cm³/mol. The van der Waals surface area contributed by atoms with Crippen molar-refractivity contribution in [3.63, 3.8) is 0 Å². The third kappa shape index (κ3) is 3.65. The Morgan fingerprint density at radius 2 is 1.95 bits per heavy atom. The van der Waals surface area contributed by atoms with Crippen LogP contribution in [0.15, 0.2) is 15.2 Å². The molecule has 1 aromatic rings. The van der Waals surface area contributed by atoms with E-state index in [-0.39, 0.29) is 5.60 Å². The molecular formula is C16H26BrNOS. The van der Waals surface area contributed by atoms with Crippen LogP contribution in [0.3, 0.4) is 0 Å². The van der Waals surface area contributed by atoms with E-state index >= 15 is 0 Å². The Balaban J connectivity index is 2.33. The first kappa shape index (κ1) is 16.5. The van der Waals surface area contributed by atoms with Crippen LogP contribution in [-0.2, 0) is 4.74 Å². The fourth-order valence-electron chi connectivity index (χ4n) is 3.41. The summed E-state index contributed by atoms with van der Waals surface area (Å²) in [5, 5.41) is 8.14. The molecule has 0 spiro atoms. The molecule has 1 saturated carbocycles. The molecular weight excluding hydrogens is 334 g/mol. The predicted octanol–water partition coefficient (Wildman–Crippen LogP) is 5.29. The van der Waals surface area contributed by atoms with Crippen molar-refractivity contribution in [3.8, 4) is 0 Å². The molecule has 2 nitrogen and oxygen atoms in total. The lowest BCUT2D eigenvalue weighted by Gasteiger charge is -2.41. The van der Waals surface area contributed by atoms with Crippen LogP contribution in [0, 0.1) is 0 Å². The van der Waals surface area contributed by atoms with Crippen LogP contribution in [0.1, 0.15) is 64.0 Å². The monoisotopic (exact) mass is 359 g/mol. The van der Waals surface area contributed by atoms with Gasteiger partial charge in [0.2, 0.25) is 0 Å². The lowest BCUT2D eigenvalue weighted by molar-refractivity contribution is -0.0779. The van der Waals surface area contributed by atoms with Gasteiger partial charge < -0.3 is 10.1 Å². The second-order valence-electron chi connectivity index (χ2n) is 5.58. The Morgan fingerprint density at radius 3 is 2.45 bits per heavy atom. The van der Waals surface area contributed by atoms with Crippen LogP contribution < -0.4 is 5.32 Å². The average Bonchev–Trinajstić information content (AvgIpc) is 2.72. The van der Waals surface area contributed by atoms with Crippen LogP contribution >= 0.6 is 27.3 Å². The SMILES string of the molecule is CCNC(c1cscc1Br)C1(OCC)CCCCCC1. The maximum Gasteiger partial charge on any atom is 0.0876 e. The van der Waals surface area contributed by atoms with Crippen LogP contribution in [0.5, 0.6) is 0 Å². The van der Waals surface area contributed by atoms with Crippen molar-refractivity contribution in [1.29, 1.82) is 0 Å². The van der Waals surface area contributed by atoms with Gasteiger partial charge in [-0.2, -0.15) is 11.3 Å². The van der Waals surface area contributed by atoms with Gasteiger partial charge in [-0.1, -0.05) is 32.6 Å². The first-order chi connectivity index (χ1) is 9.73. The van der Waals surface area contributed by atoms with E-state index < -0.39 is 0 Å². The topological polar surface area (TPSA) is 21.3 Å². The van der Waals surface area contributed by atoms with Gasteiger partial charge in [-0.05, 0) is 53.2 Å². The Hall–Kier alpha value is 0.1000. The Bertz CT molecular complexity index is 399. The maximum absolute atomic E-state index is 6.37. The molecule has 1 aliphatic carbocycles. The summed E-state index contributed by atoms with van der Waals surface area (Å²) < 4.78 is 7.58. The molecule has 0 aliphatic heterocycles. The molecule has 0 radical (unpaired) electrons. The smallest absolute Gasteiger partial charge is 0.0876 e. The number of nitrogens with one attached hydrogen (secondary N) is 1. The maximum atomic E-state index is 6.37. The summed E-state index contributed by atoms with van der Waals surface area (Å²) >= 11 is 5.48. The fourth-order valence-corrected chi connectivity index (χ4v) is 4.96. The fraction of sp³-hybridized carbons (Fsp3) is 0.750. The second-order valence-corrected chi connectivity index (χ2v) is 7.18. The zero-order valence-electron chi connectivity index (χ0n) is 12.6. The van der Waals surface area contributed by atoms with E-state index in [1.165, 1.54) is 48.6 Å². The van der Waals surface area contributed by atoms with Crippen molar-refractivity contribution >= 4 is 27.3 Å². The van der Waals surface area contributed by atoms with E-state index in [9.17, 15) is 0 Å². The van der Waals surface area contributed by atoms with Gasteiger partial charge in [0.25, 0.3) is 0 Å². The first-order valence-electron chi connectivity index (χ1n) is 7.82. The minimum absolute atomic E-state index is 0.0369. The minimum Gasteiger partial charge on any atom is -0.373 e. The van der Waals surface area contributed by atoms with Crippen molar-refractivity contribution in [2.24, 2.45) is 0 Å². The molecule has 0 aromatic carbocycles. The molecule has 1 aliphatic rings. The number of thiophene rings is 1. The molecule has 20 heavy (non-hydrogen) atoms. The van der Waals surface area contributed by atoms with E-state index in [2.05, 4.69) is 45.9 Å². The molecule has 4 heteroatoms. The molecule has 0 bridgehead atoms. The highest BCUT2D eigenvalue weighted by Gasteiger charge is 2.41. The number of halogens is 1. The molecule has 0 saturated heterocycles.